The number of hydrogen-bond donors (Lipinski definition) is 1. The van der Waals surface area contributed by atoms with Crippen LogP contribution in [0.15, 0.2) is 18.2 Å². The Hall–Kier alpha value is -0.770. The Labute approximate surface area is 130 Å². The van der Waals surface area contributed by atoms with Gasteiger partial charge in [0.2, 0.25) is 5.91 Å². The van der Waals surface area contributed by atoms with Crippen molar-refractivity contribution in [2.45, 2.75) is 19.3 Å². The first kappa shape index (κ1) is 15.6. The largest absolute Gasteiger partial charge is 0.342 e. The predicted octanol–water partition coefficient (Wildman–Crippen LogP) is 2.99. The Morgan fingerprint density at radius 3 is 3.00 bits per heavy atom. The van der Waals surface area contributed by atoms with Gasteiger partial charge >= 0.3 is 0 Å². The van der Waals surface area contributed by atoms with Gasteiger partial charge in [-0.25, -0.2) is 0 Å². The summed E-state index contributed by atoms with van der Waals surface area (Å²) in [6.45, 7) is 2.71. The standard InChI is InChI=1S/C15H20Cl2N2O/c1-18-9-11-7-8-19(10-11)14(20)6-5-12-3-2-4-13(16)15(12)17/h2-4,11,18H,5-10H2,1H3. The van der Waals surface area contributed by atoms with Crippen molar-refractivity contribution in [1.29, 1.82) is 0 Å². The van der Waals surface area contributed by atoms with E-state index in [0.29, 0.717) is 28.8 Å². The summed E-state index contributed by atoms with van der Waals surface area (Å²) < 4.78 is 0. The fourth-order valence-corrected chi connectivity index (χ4v) is 3.07. The van der Waals surface area contributed by atoms with Gasteiger partial charge in [-0.1, -0.05) is 35.3 Å². The number of amides is 1. The van der Waals surface area contributed by atoms with Gasteiger partial charge in [-0.3, -0.25) is 4.79 Å². The second kappa shape index (κ2) is 7.30. The number of carbonyl (C=O) groups excluding carboxylic acids is 1. The second-order valence-corrected chi connectivity index (χ2v) is 6.05. The second-order valence-electron chi connectivity index (χ2n) is 5.27. The van der Waals surface area contributed by atoms with E-state index in [1.807, 2.05) is 24.1 Å². The average Bonchev–Trinajstić information content (AvgIpc) is 2.89. The van der Waals surface area contributed by atoms with E-state index >= 15 is 0 Å². The molecule has 1 atom stereocenters. The molecule has 1 N–H and O–H groups in total. The lowest BCUT2D eigenvalue weighted by Crippen LogP contribution is -2.30. The molecule has 1 heterocycles. The number of likely N-dealkylation sites (tertiary alicyclic amines) is 1. The quantitative estimate of drug-likeness (QED) is 0.906. The molecule has 5 heteroatoms. The van der Waals surface area contributed by atoms with Crippen LogP contribution in [-0.2, 0) is 11.2 Å². The Morgan fingerprint density at radius 1 is 1.45 bits per heavy atom. The van der Waals surface area contributed by atoms with Crippen molar-refractivity contribution in [1.82, 2.24) is 10.2 Å². The summed E-state index contributed by atoms with van der Waals surface area (Å²) >= 11 is 12.1. The Kier molecular flexibility index (Phi) is 5.70. The third-order valence-electron chi connectivity index (χ3n) is 3.77. The van der Waals surface area contributed by atoms with Crippen LogP contribution in [0.25, 0.3) is 0 Å². The predicted molar refractivity (Wildman–Crippen MR) is 83.4 cm³/mol. The lowest BCUT2D eigenvalue weighted by atomic mass is 10.1. The molecule has 1 aromatic rings. The van der Waals surface area contributed by atoms with Crippen LogP contribution >= 0.6 is 23.2 Å². The molecule has 1 aromatic carbocycles. The highest BCUT2D eigenvalue weighted by atomic mass is 35.5. The van der Waals surface area contributed by atoms with Gasteiger partial charge in [0.25, 0.3) is 0 Å². The zero-order valence-electron chi connectivity index (χ0n) is 11.7. The molecule has 0 saturated carbocycles. The fraction of sp³-hybridized carbons (Fsp3) is 0.533. The summed E-state index contributed by atoms with van der Waals surface area (Å²) in [5.74, 6) is 0.790. The van der Waals surface area contributed by atoms with Gasteiger partial charge in [0.1, 0.15) is 0 Å². The third kappa shape index (κ3) is 3.87. The van der Waals surface area contributed by atoms with Crippen molar-refractivity contribution in [3.63, 3.8) is 0 Å². The van der Waals surface area contributed by atoms with Crippen LogP contribution in [0.2, 0.25) is 10.0 Å². The molecule has 0 aromatic heterocycles. The molecule has 1 aliphatic rings. The van der Waals surface area contributed by atoms with E-state index in [0.717, 1.165) is 31.6 Å². The molecule has 1 unspecified atom stereocenters. The molecule has 3 nitrogen and oxygen atoms in total. The van der Waals surface area contributed by atoms with Gasteiger partial charge in [-0.05, 0) is 44.0 Å². The molecule has 0 spiro atoms. The van der Waals surface area contributed by atoms with Crippen LogP contribution in [0, 0.1) is 5.92 Å². The molecule has 0 radical (unpaired) electrons. The molecule has 1 aliphatic heterocycles. The SMILES string of the molecule is CNCC1CCN(C(=O)CCc2cccc(Cl)c2Cl)C1. The van der Waals surface area contributed by atoms with Gasteiger partial charge in [-0.2, -0.15) is 0 Å². The maximum Gasteiger partial charge on any atom is 0.222 e. The van der Waals surface area contributed by atoms with Gasteiger partial charge in [-0.15, -0.1) is 0 Å². The molecular formula is C15H20Cl2N2O. The molecule has 2 rings (SSSR count). The number of halogens is 2. The van der Waals surface area contributed by atoms with Gasteiger partial charge < -0.3 is 10.2 Å². The number of aryl methyl sites for hydroxylation is 1. The molecule has 0 aliphatic carbocycles. The van der Waals surface area contributed by atoms with E-state index in [-0.39, 0.29) is 5.91 Å². The Balaban J connectivity index is 1.85. The van der Waals surface area contributed by atoms with E-state index < -0.39 is 0 Å². The molecule has 1 saturated heterocycles. The lowest BCUT2D eigenvalue weighted by molar-refractivity contribution is -0.130. The highest BCUT2D eigenvalue weighted by molar-refractivity contribution is 6.42. The van der Waals surface area contributed by atoms with Crippen molar-refractivity contribution < 1.29 is 4.79 Å². The summed E-state index contributed by atoms with van der Waals surface area (Å²) in [6.07, 6.45) is 2.22. The van der Waals surface area contributed by atoms with E-state index in [1.54, 1.807) is 6.07 Å². The minimum Gasteiger partial charge on any atom is -0.342 e. The highest BCUT2D eigenvalue weighted by Crippen LogP contribution is 2.26. The molecular weight excluding hydrogens is 295 g/mol. The van der Waals surface area contributed by atoms with Crippen molar-refractivity contribution in [3.05, 3.63) is 33.8 Å². The summed E-state index contributed by atoms with van der Waals surface area (Å²) in [7, 11) is 1.95. The Bertz CT molecular complexity index is 479. The number of carbonyl (C=O) groups is 1. The molecule has 110 valence electrons. The summed E-state index contributed by atoms with van der Waals surface area (Å²) in [5.41, 5.74) is 0.943. The van der Waals surface area contributed by atoms with E-state index in [2.05, 4.69) is 5.32 Å². The number of nitrogens with one attached hydrogen (secondary N) is 1. The van der Waals surface area contributed by atoms with E-state index in [9.17, 15) is 4.79 Å². The minimum absolute atomic E-state index is 0.208. The zero-order valence-corrected chi connectivity index (χ0v) is 13.2. The van der Waals surface area contributed by atoms with Crippen LogP contribution in [0.1, 0.15) is 18.4 Å². The highest BCUT2D eigenvalue weighted by Gasteiger charge is 2.25. The fourth-order valence-electron chi connectivity index (χ4n) is 2.66. The first-order valence-electron chi connectivity index (χ1n) is 6.97. The monoisotopic (exact) mass is 314 g/mol. The van der Waals surface area contributed by atoms with Crippen LogP contribution in [-0.4, -0.2) is 37.5 Å². The van der Waals surface area contributed by atoms with Gasteiger partial charge in [0.05, 0.1) is 10.0 Å². The number of hydrogen-bond acceptors (Lipinski definition) is 2. The Morgan fingerprint density at radius 2 is 2.25 bits per heavy atom. The summed E-state index contributed by atoms with van der Waals surface area (Å²) in [4.78, 5) is 14.2. The first-order valence-corrected chi connectivity index (χ1v) is 7.72. The number of benzene rings is 1. The maximum absolute atomic E-state index is 12.2. The van der Waals surface area contributed by atoms with Crippen LogP contribution < -0.4 is 5.32 Å². The van der Waals surface area contributed by atoms with Crippen molar-refractivity contribution in [2.75, 3.05) is 26.7 Å². The van der Waals surface area contributed by atoms with Crippen LogP contribution in [0.4, 0.5) is 0 Å². The molecule has 1 fully saturated rings. The topological polar surface area (TPSA) is 32.3 Å². The van der Waals surface area contributed by atoms with Crippen molar-refractivity contribution in [3.8, 4) is 0 Å². The smallest absolute Gasteiger partial charge is 0.222 e. The number of nitrogens with zero attached hydrogens (tertiary/aromatic N) is 1. The number of rotatable bonds is 5. The average molecular weight is 315 g/mol. The molecule has 1 amide bonds. The van der Waals surface area contributed by atoms with Crippen LogP contribution in [0.5, 0.6) is 0 Å². The van der Waals surface area contributed by atoms with Gasteiger partial charge in [0, 0.05) is 19.5 Å². The van der Waals surface area contributed by atoms with E-state index in [1.165, 1.54) is 0 Å². The summed E-state index contributed by atoms with van der Waals surface area (Å²) in [6, 6.07) is 5.56. The zero-order chi connectivity index (χ0) is 14.5. The maximum atomic E-state index is 12.2. The van der Waals surface area contributed by atoms with Crippen molar-refractivity contribution >= 4 is 29.1 Å². The van der Waals surface area contributed by atoms with Crippen molar-refractivity contribution in [2.24, 2.45) is 5.92 Å². The first-order chi connectivity index (χ1) is 9.61. The summed E-state index contributed by atoms with van der Waals surface area (Å²) in [5, 5.41) is 4.28. The molecule has 20 heavy (non-hydrogen) atoms. The van der Waals surface area contributed by atoms with Gasteiger partial charge in [0.15, 0.2) is 0 Å². The van der Waals surface area contributed by atoms with E-state index in [4.69, 9.17) is 23.2 Å². The normalized spacial score (nSPS) is 18.6. The minimum atomic E-state index is 0.208. The van der Waals surface area contributed by atoms with Crippen LogP contribution in [0.3, 0.4) is 0 Å². The molecule has 0 bridgehead atoms. The lowest BCUT2D eigenvalue weighted by Gasteiger charge is -2.17. The third-order valence-corrected chi connectivity index (χ3v) is 4.63.